The van der Waals surface area contributed by atoms with Gasteiger partial charge in [0.2, 0.25) is 11.1 Å². The van der Waals surface area contributed by atoms with Crippen molar-refractivity contribution in [2.24, 2.45) is 0 Å². The van der Waals surface area contributed by atoms with Gasteiger partial charge in [0.05, 0.1) is 5.75 Å². The summed E-state index contributed by atoms with van der Waals surface area (Å²) < 4.78 is 14.9. The van der Waals surface area contributed by atoms with Crippen LogP contribution in [0.4, 0.5) is 4.39 Å². The smallest absolute Gasteiger partial charge is 0.230 e. The van der Waals surface area contributed by atoms with E-state index in [2.05, 4.69) is 22.1 Å². The number of nitrogens with zero attached hydrogens (tertiary/aromatic N) is 3. The van der Waals surface area contributed by atoms with Gasteiger partial charge in [0.25, 0.3) is 0 Å². The molecule has 8 heteroatoms. The average molecular weight is 321 g/mol. The molecule has 3 N–H and O–H groups in total. The molecule has 0 radical (unpaired) electrons. The van der Waals surface area contributed by atoms with Crippen molar-refractivity contribution >= 4 is 17.7 Å². The molecule has 0 aliphatic heterocycles. The number of nitrogens with one attached hydrogen (secondary N) is 1. The van der Waals surface area contributed by atoms with E-state index in [-0.39, 0.29) is 23.9 Å². The zero-order chi connectivity index (χ0) is 15.9. The summed E-state index contributed by atoms with van der Waals surface area (Å²) in [5, 5.41) is 10.9. The second-order valence-electron chi connectivity index (χ2n) is 4.42. The SMILES string of the molecule is C=CCNC(=O)CSc1nnc(Cc2ccccc2F)n1N. The van der Waals surface area contributed by atoms with Gasteiger partial charge in [0.15, 0.2) is 5.82 Å². The molecule has 1 aromatic heterocycles. The Morgan fingerprint density at radius 3 is 2.95 bits per heavy atom. The third kappa shape index (κ3) is 4.08. The van der Waals surface area contributed by atoms with Gasteiger partial charge in [0.1, 0.15) is 5.82 Å². The van der Waals surface area contributed by atoms with E-state index in [0.717, 1.165) is 0 Å². The molecule has 2 rings (SSSR count). The molecule has 0 atom stereocenters. The first-order valence-corrected chi connectivity index (χ1v) is 7.53. The number of thioether (sulfide) groups is 1. The summed E-state index contributed by atoms with van der Waals surface area (Å²) in [4.78, 5) is 11.5. The second kappa shape index (κ2) is 7.60. The van der Waals surface area contributed by atoms with Crippen molar-refractivity contribution in [2.45, 2.75) is 11.6 Å². The first-order valence-electron chi connectivity index (χ1n) is 6.55. The van der Waals surface area contributed by atoms with Crippen molar-refractivity contribution in [1.29, 1.82) is 0 Å². The van der Waals surface area contributed by atoms with E-state index in [9.17, 15) is 9.18 Å². The van der Waals surface area contributed by atoms with Gasteiger partial charge >= 0.3 is 0 Å². The lowest BCUT2D eigenvalue weighted by molar-refractivity contribution is -0.118. The molecule has 116 valence electrons. The van der Waals surface area contributed by atoms with Crippen LogP contribution in [-0.4, -0.2) is 33.1 Å². The van der Waals surface area contributed by atoms with Crippen LogP contribution >= 0.6 is 11.8 Å². The first kappa shape index (κ1) is 16.0. The molecule has 0 bridgehead atoms. The molecule has 1 aromatic carbocycles. The Morgan fingerprint density at radius 2 is 2.23 bits per heavy atom. The number of carbonyl (C=O) groups is 1. The highest BCUT2D eigenvalue weighted by Gasteiger charge is 2.13. The van der Waals surface area contributed by atoms with Crippen LogP contribution < -0.4 is 11.2 Å². The summed E-state index contributed by atoms with van der Waals surface area (Å²) in [5.74, 6) is 6.02. The Bertz CT molecular complexity index is 673. The normalized spacial score (nSPS) is 10.4. The standard InChI is InChI=1S/C14H16FN5OS/c1-2-7-17-13(21)9-22-14-19-18-12(20(14)16)8-10-5-3-4-6-11(10)15/h2-6H,1,7-9,16H2,(H,17,21). The number of amides is 1. The van der Waals surface area contributed by atoms with Crippen LogP contribution in [0.25, 0.3) is 0 Å². The van der Waals surface area contributed by atoms with Crippen LogP contribution in [0, 0.1) is 5.82 Å². The van der Waals surface area contributed by atoms with E-state index in [0.29, 0.717) is 23.1 Å². The second-order valence-corrected chi connectivity index (χ2v) is 5.36. The summed E-state index contributed by atoms with van der Waals surface area (Å²) >= 11 is 1.17. The van der Waals surface area contributed by atoms with Gasteiger partial charge in [-0.05, 0) is 11.6 Å². The quantitative estimate of drug-likeness (QED) is 0.453. The fourth-order valence-electron chi connectivity index (χ4n) is 1.71. The molecule has 6 nitrogen and oxygen atoms in total. The molecule has 0 unspecified atom stereocenters. The van der Waals surface area contributed by atoms with Crippen molar-refractivity contribution in [3.63, 3.8) is 0 Å². The number of benzene rings is 1. The molecule has 22 heavy (non-hydrogen) atoms. The number of rotatable bonds is 7. The molecule has 0 saturated heterocycles. The predicted molar refractivity (Wildman–Crippen MR) is 83.3 cm³/mol. The molecule has 0 aliphatic rings. The Morgan fingerprint density at radius 1 is 1.45 bits per heavy atom. The molecule has 2 aromatic rings. The van der Waals surface area contributed by atoms with Crippen LogP contribution in [0.5, 0.6) is 0 Å². The average Bonchev–Trinajstić information content (AvgIpc) is 2.86. The topological polar surface area (TPSA) is 85.8 Å². The van der Waals surface area contributed by atoms with E-state index in [1.807, 2.05) is 0 Å². The Hall–Kier alpha value is -2.35. The minimum Gasteiger partial charge on any atom is -0.352 e. The summed E-state index contributed by atoms with van der Waals surface area (Å²) in [6.45, 7) is 3.93. The maximum Gasteiger partial charge on any atom is 0.230 e. The lowest BCUT2D eigenvalue weighted by Crippen LogP contribution is -2.25. The largest absolute Gasteiger partial charge is 0.352 e. The highest BCUT2D eigenvalue weighted by molar-refractivity contribution is 7.99. The van der Waals surface area contributed by atoms with Gasteiger partial charge in [-0.15, -0.1) is 16.8 Å². The number of nitrogen functional groups attached to an aromatic ring is 1. The number of nitrogens with two attached hydrogens (primary N) is 1. The van der Waals surface area contributed by atoms with Crippen LogP contribution in [0.15, 0.2) is 42.1 Å². The van der Waals surface area contributed by atoms with Crippen LogP contribution in [-0.2, 0) is 11.2 Å². The van der Waals surface area contributed by atoms with Crippen LogP contribution in [0.3, 0.4) is 0 Å². The molecular formula is C14H16FN5OS. The monoisotopic (exact) mass is 321 g/mol. The lowest BCUT2D eigenvalue weighted by Gasteiger charge is -2.05. The third-order valence-electron chi connectivity index (χ3n) is 2.82. The molecule has 0 fully saturated rings. The maximum atomic E-state index is 13.6. The first-order chi connectivity index (χ1) is 10.6. The van der Waals surface area contributed by atoms with E-state index < -0.39 is 0 Å². The molecular weight excluding hydrogens is 305 g/mol. The van der Waals surface area contributed by atoms with Gasteiger partial charge < -0.3 is 11.2 Å². The fraction of sp³-hybridized carbons (Fsp3) is 0.214. The molecule has 1 heterocycles. The van der Waals surface area contributed by atoms with Crippen LogP contribution in [0.1, 0.15) is 11.4 Å². The van der Waals surface area contributed by atoms with Crippen molar-refractivity contribution in [3.8, 4) is 0 Å². The van der Waals surface area contributed by atoms with Gasteiger partial charge in [-0.2, -0.15) is 0 Å². The number of halogens is 1. The van der Waals surface area contributed by atoms with Gasteiger partial charge in [-0.25, -0.2) is 9.07 Å². The summed E-state index contributed by atoms with van der Waals surface area (Å²) in [7, 11) is 0. The highest BCUT2D eigenvalue weighted by Crippen LogP contribution is 2.17. The van der Waals surface area contributed by atoms with Gasteiger partial charge in [-0.1, -0.05) is 36.0 Å². The number of hydrogen-bond donors (Lipinski definition) is 2. The fourth-order valence-corrected chi connectivity index (χ4v) is 2.41. The lowest BCUT2D eigenvalue weighted by atomic mass is 10.1. The molecule has 0 aliphatic carbocycles. The number of aromatic nitrogens is 3. The number of carbonyl (C=O) groups excluding carboxylic acids is 1. The molecule has 0 saturated carbocycles. The van der Waals surface area contributed by atoms with Gasteiger partial charge in [0, 0.05) is 13.0 Å². The molecule has 0 spiro atoms. The number of hydrogen-bond acceptors (Lipinski definition) is 5. The van der Waals surface area contributed by atoms with E-state index in [1.165, 1.54) is 22.5 Å². The summed E-state index contributed by atoms with van der Waals surface area (Å²) in [6.07, 6.45) is 1.83. The summed E-state index contributed by atoms with van der Waals surface area (Å²) in [6, 6.07) is 6.41. The Kier molecular flexibility index (Phi) is 5.54. The molecule has 1 amide bonds. The van der Waals surface area contributed by atoms with E-state index in [1.54, 1.807) is 24.3 Å². The van der Waals surface area contributed by atoms with Crippen LogP contribution in [0.2, 0.25) is 0 Å². The highest BCUT2D eigenvalue weighted by atomic mass is 32.2. The zero-order valence-electron chi connectivity index (χ0n) is 11.8. The van der Waals surface area contributed by atoms with Crippen molar-refractivity contribution in [3.05, 3.63) is 54.1 Å². The van der Waals surface area contributed by atoms with Gasteiger partial charge in [-0.3, -0.25) is 4.79 Å². The maximum absolute atomic E-state index is 13.6. The Balaban J connectivity index is 1.99. The zero-order valence-corrected chi connectivity index (χ0v) is 12.6. The third-order valence-corrected chi connectivity index (χ3v) is 3.76. The van der Waals surface area contributed by atoms with E-state index in [4.69, 9.17) is 5.84 Å². The Labute approximate surface area is 131 Å². The van der Waals surface area contributed by atoms with Crippen molar-refractivity contribution in [1.82, 2.24) is 20.2 Å². The van der Waals surface area contributed by atoms with Crippen molar-refractivity contribution < 1.29 is 9.18 Å². The summed E-state index contributed by atoms with van der Waals surface area (Å²) in [5.41, 5.74) is 0.488. The van der Waals surface area contributed by atoms with Crippen molar-refractivity contribution in [2.75, 3.05) is 18.1 Å². The minimum absolute atomic E-state index is 0.149. The predicted octanol–water partition coefficient (Wildman–Crippen LogP) is 1.12. The minimum atomic E-state index is -0.316. The van der Waals surface area contributed by atoms with E-state index >= 15 is 0 Å².